The molecule has 2 rings (SSSR count). The number of hydrogen-bond acceptors (Lipinski definition) is 3. The fourth-order valence-electron chi connectivity index (χ4n) is 1.51. The van der Waals surface area contributed by atoms with Crippen LogP contribution >= 0.6 is 11.6 Å². The number of nitrogens with zero attached hydrogens (tertiary/aromatic N) is 1. The molecular formula is C15H11ClF2N2O2. The number of hydrazone groups is 1. The van der Waals surface area contributed by atoms with Crippen LogP contribution in [0.2, 0.25) is 5.02 Å². The van der Waals surface area contributed by atoms with Crippen molar-refractivity contribution in [3.05, 3.63) is 64.7 Å². The number of carbonyl (C=O) groups is 1. The van der Waals surface area contributed by atoms with Crippen LogP contribution in [0.3, 0.4) is 0 Å². The summed E-state index contributed by atoms with van der Waals surface area (Å²) in [6.45, 7) is -0.273. The minimum absolute atomic E-state index is 0.0704. The van der Waals surface area contributed by atoms with Crippen molar-refractivity contribution in [1.82, 2.24) is 5.43 Å². The van der Waals surface area contributed by atoms with Crippen LogP contribution in [0.15, 0.2) is 47.6 Å². The predicted octanol–water partition coefficient (Wildman–Crippen LogP) is 3.15. The first kappa shape index (κ1) is 15.9. The van der Waals surface area contributed by atoms with Gasteiger partial charge < -0.3 is 4.74 Å². The van der Waals surface area contributed by atoms with E-state index in [0.717, 1.165) is 12.3 Å². The highest BCUT2D eigenvalue weighted by Gasteiger charge is 2.05. The highest BCUT2D eigenvalue weighted by atomic mass is 35.5. The highest BCUT2D eigenvalue weighted by molar-refractivity contribution is 6.30. The number of hydrogen-bond donors (Lipinski definition) is 1. The summed E-state index contributed by atoms with van der Waals surface area (Å²) in [5, 5.41) is 4.09. The van der Waals surface area contributed by atoms with Crippen molar-refractivity contribution >= 4 is 23.7 Å². The Morgan fingerprint density at radius 1 is 1.23 bits per heavy atom. The summed E-state index contributed by atoms with van der Waals surface area (Å²) in [4.78, 5) is 11.5. The van der Waals surface area contributed by atoms with Crippen molar-refractivity contribution in [2.45, 2.75) is 0 Å². The summed E-state index contributed by atoms with van der Waals surface area (Å²) < 4.78 is 31.5. The molecule has 0 fully saturated rings. The SMILES string of the molecule is O=C(COc1ccc(Cl)cc1)N/N=C/c1cccc(F)c1F. The van der Waals surface area contributed by atoms with Crippen molar-refractivity contribution in [2.75, 3.05) is 6.61 Å². The van der Waals surface area contributed by atoms with Gasteiger partial charge in [-0.2, -0.15) is 5.10 Å². The normalized spacial score (nSPS) is 10.7. The molecule has 1 amide bonds. The van der Waals surface area contributed by atoms with Crippen molar-refractivity contribution < 1.29 is 18.3 Å². The summed E-state index contributed by atoms with van der Waals surface area (Å²) in [5.74, 6) is -2.08. The van der Waals surface area contributed by atoms with Gasteiger partial charge in [-0.3, -0.25) is 4.79 Å². The van der Waals surface area contributed by atoms with E-state index in [2.05, 4.69) is 10.5 Å². The number of benzene rings is 2. The van der Waals surface area contributed by atoms with E-state index in [9.17, 15) is 13.6 Å². The first-order valence-electron chi connectivity index (χ1n) is 6.20. The molecule has 1 N–H and O–H groups in total. The van der Waals surface area contributed by atoms with Gasteiger partial charge in [0.2, 0.25) is 0 Å². The van der Waals surface area contributed by atoms with Gasteiger partial charge in [-0.05, 0) is 30.3 Å². The molecule has 0 atom stereocenters. The molecule has 22 heavy (non-hydrogen) atoms. The van der Waals surface area contributed by atoms with E-state index in [1.807, 2.05) is 0 Å². The predicted molar refractivity (Wildman–Crippen MR) is 79.0 cm³/mol. The van der Waals surface area contributed by atoms with E-state index in [-0.39, 0.29) is 12.2 Å². The molecule has 0 aromatic heterocycles. The maximum absolute atomic E-state index is 13.3. The molecule has 0 heterocycles. The summed E-state index contributed by atoms with van der Waals surface area (Å²) in [6.07, 6.45) is 1.01. The Morgan fingerprint density at radius 3 is 2.68 bits per heavy atom. The third kappa shape index (κ3) is 4.53. The molecule has 2 aromatic carbocycles. The average molecular weight is 325 g/mol. The second-order valence-corrected chi connectivity index (χ2v) is 4.62. The second kappa shape index (κ2) is 7.51. The standard InChI is InChI=1S/C15H11ClF2N2O2/c16-11-4-6-12(7-5-11)22-9-14(21)20-19-8-10-2-1-3-13(17)15(10)18/h1-8H,9H2,(H,20,21)/b19-8+. The minimum Gasteiger partial charge on any atom is -0.484 e. The van der Waals surface area contributed by atoms with Gasteiger partial charge >= 0.3 is 0 Å². The summed E-state index contributed by atoms with van der Waals surface area (Å²) in [6, 6.07) is 10.1. The van der Waals surface area contributed by atoms with E-state index in [1.54, 1.807) is 24.3 Å². The molecule has 0 spiro atoms. The van der Waals surface area contributed by atoms with Crippen LogP contribution in [0.25, 0.3) is 0 Å². The number of nitrogens with one attached hydrogen (secondary N) is 1. The Bertz CT molecular complexity index is 690. The van der Waals surface area contributed by atoms with Crippen LogP contribution in [0.1, 0.15) is 5.56 Å². The lowest BCUT2D eigenvalue weighted by molar-refractivity contribution is -0.123. The molecule has 2 aromatic rings. The van der Waals surface area contributed by atoms with Crippen LogP contribution in [0.5, 0.6) is 5.75 Å². The lowest BCUT2D eigenvalue weighted by atomic mass is 10.2. The molecule has 0 aliphatic heterocycles. The summed E-state index contributed by atoms with van der Waals surface area (Å²) in [7, 11) is 0. The molecule has 0 unspecified atom stereocenters. The maximum Gasteiger partial charge on any atom is 0.277 e. The smallest absolute Gasteiger partial charge is 0.277 e. The van der Waals surface area contributed by atoms with E-state index in [1.165, 1.54) is 12.1 Å². The number of amides is 1. The number of halogens is 3. The van der Waals surface area contributed by atoms with Gasteiger partial charge in [-0.1, -0.05) is 23.7 Å². The largest absolute Gasteiger partial charge is 0.484 e. The minimum atomic E-state index is -1.03. The first-order chi connectivity index (χ1) is 10.6. The zero-order valence-electron chi connectivity index (χ0n) is 11.2. The molecule has 114 valence electrons. The molecule has 0 aliphatic carbocycles. The zero-order chi connectivity index (χ0) is 15.9. The monoisotopic (exact) mass is 324 g/mol. The van der Waals surface area contributed by atoms with Crippen LogP contribution in [0, 0.1) is 11.6 Å². The van der Waals surface area contributed by atoms with Crippen LogP contribution in [0.4, 0.5) is 8.78 Å². The Labute approximate surface area is 130 Å². The van der Waals surface area contributed by atoms with Crippen molar-refractivity contribution in [2.24, 2.45) is 5.10 Å². The lowest BCUT2D eigenvalue weighted by Gasteiger charge is -2.04. The van der Waals surface area contributed by atoms with Gasteiger partial charge in [-0.15, -0.1) is 0 Å². The van der Waals surface area contributed by atoms with Gasteiger partial charge in [0.1, 0.15) is 5.75 Å². The molecular weight excluding hydrogens is 314 g/mol. The fourth-order valence-corrected chi connectivity index (χ4v) is 1.63. The third-order valence-corrected chi connectivity index (χ3v) is 2.81. The fraction of sp³-hybridized carbons (Fsp3) is 0.0667. The van der Waals surface area contributed by atoms with Crippen molar-refractivity contribution in [3.63, 3.8) is 0 Å². The molecule has 0 aliphatic rings. The Hall–Kier alpha value is -2.47. The van der Waals surface area contributed by atoms with Crippen LogP contribution in [-0.2, 0) is 4.79 Å². The number of ether oxygens (including phenoxy) is 1. The van der Waals surface area contributed by atoms with Gasteiger partial charge in [-0.25, -0.2) is 14.2 Å². The van der Waals surface area contributed by atoms with Gasteiger partial charge in [0, 0.05) is 10.6 Å². The third-order valence-electron chi connectivity index (χ3n) is 2.56. The molecule has 7 heteroatoms. The first-order valence-corrected chi connectivity index (χ1v) is 6.58. The Kier molecular flexibility index (Phi) is 5.43. The molecule has 0 saturated heterocycles. The average Bonchev–Trinajstić information content (AvgIpc) is 2.51. The van der Waals surface area contributed by atoms with Crippen LogP contribution in [-0.4, -0.2) is 18.7 Å². The zero-order valence-corrected chi connectivity index (χ0v) is 12.0. The highest BCUT2D eigenvalue weighted by Crippen LogP contribution is 2.15. The van der Waals surface area contributed by atoms with Crippen molar-refractivity contribution in [1.29, 1.82) is 0 Å². The summed E-state index contributed by atoms with van der Waals surface area (Å²) >= 11 is 5.71. The van der Waals surface area contributed by atoms with Crippen molar-refractivity contribution in [3.8, 4) is 5.75 Å². The Balaban J connectivity index is 1.83. The lowest BCUT2D eigenvalue weighted by Crippen LogP contribution is -2.24. The maximum atomic E-state index is 13.3. The Morgan fingerprint density at radius 2 is 1.95 bits per heavy atom. The molecule has 0 bridgehead atoms. The topological polar surface area (TPSA) is 50.7 Å². The van der Waals surface area contributed by atoms with E-state index >= 15 is 0 Å². The quantitative estimate of drug-likeness (QED) is 0.678. The van der Waals surface area contributed by atoms with Gasteiger partial charge in [0.05, 0.1) is 6.21 Å². The van der Waals surface area contributed by atoms with E-state index in [0.29, 0.717) is 10.8 Å². The molecule has 0 saturated carbocycles. The van der Waals surface area contributed by atoms with E-state index < -0.39 is 17.5 Å². The number of carbonyl (C=O) groups excluding carboxylic acids is 1. The number of rotatable bonds is 5. The van der Waals surface area contributed by atoms with Gasteiger partial charge in [0.25, 0.3) is 5.91 Å². The molecule has 4 nitrogen and oxygen atoms in total. The van der Waals surface area contributed by atoms with E-state index in [4.69, 9.17) is 16.3 Å². The van der Waals surface area contributed by atoms with Crippen LogP contribution < -0.4 is 10.2 Å². The van der Waals surface area contributed by atoms with Gasteiger partial charge in [0.15, 0.2) is 18.2 Å². The summed E-state index contributed by atoms with van der Waals surface area (Å²) in [5.41, 5.74) is 2.08. The second-order valence-electron chi connectivity index (χ2n) is 4.18. The molecule has 0 radical (unpaired) electrons.